The first-order valence-corrected chi connectivity index (χ1v) is 7.85. The number of amides is 2. The van der Waals surface area contributed by atoms with Gasteiger partial charge in [0, 0.05) is 32.1 Å². The lowest BCUT2D eigenvalue weighted by Crippen LogP contribution is -2.51. The van der Waals surface area contributed by atoms with Crippen LogP contribution < -0.4 is 11.1 Å². The van der Waals surface area contributed by atoms with Gasteiger partial charge in [0.2, 0.25) is 11.8 Å². The standard InChI is InChI=1S/C17H25N3O2.ClH/c1-12(16(18)14-7-4-3-5-8-14)17(22)20-10-6-9-15(11-20)19-13(2)21;/h3-5,7-8,12,15-16H,6,9-11,18H2,1-2H3,(H,19,21);1H. The number of nitrogens with zero attached hydrogens (tertiary/aromatic N) is 1. The van der Waals surface area contributed by atoms with Crippen molar-refractivity contribution in [3.05, 3.63) is 35.9 Å². The first kappa shape index (κ1) is 19.5. The molecule has 1 aliphatic rings. The molecule has 1 saturated heterocycles. The van der Waals surface area contributed by atoms with Crippen LogP contribution in [-0.4, -0.2) is 35.8 Å². The van der Waals surface area contributed by atoms with Gasteiger partial charge < -0.3 is 16.0 Å². The summed E-state index contributed by atoms with van der Waals surface area (Å²) in [7, 11) is 0. The molecule has 2 rings (SSSR count). The van der Waals surface area contributed by atoms with E-state index in [9.17, 15) is 9.59 Å². The Balaban J connectivity index is 0.00000264. The van der Waals surface area contributed by atoms with Gasteiger partial charge in [-0.2, -0.15) is 0 Å². The van der Waals surface area contributed by atoms with Gasteiger partial charge in [0.1, 0.15) is 0 Å². The minimum atomic E-state index is -0.310. The maximum absolute atomic E-state index is 12.7. The Kier molecular flexibility index (Phi) is 7.52. The Labute approximate surface area is 144 Å². The summed E-state index contributed by atoms with van der Waals surface area (Å²) >= 11 is 0. The molecule has 6 heteroatoms. The molecule has 0 aromatic heterocycles. The zero-order valence-electron chi connectivity index (χ0n) is 13.7. The van der Waals surface area contributed by atoms with Crippen molar-refractivity contribution in [1.82, 2.24) is 10.2 Å². The van der Waals surface area contributed by atoms with Crippen LogP contribution in [0, 0.1) is 5.92 Å². The predicted octanol–water partition coefficient (Wildman–Crippen LogP) is 1.87. The fourth-order valence-electron chi connectivity index (χ4n) is 2.99. The topological polar surface area (TPSA) is 75.4 Å². The highest BCUT2D eigenvalue weighted by Crippen LogP contribution is 2.22. The van der Waals surface area contributed by atoms with E-state index in [1.807, 2.05) is 42.2 Å². The number of halogens is 1. The molecule has 0 bridgehead atoms. The number of carbonyl (C=O) groups excluding carboxylic acids is 2. The van der Waals surface area contributed by atoms with Gasteiger partial charge in [0.25, 0.3) is 0 Å². The van der Waals surface area contributed by atoms with Crippen LogP contribution in [0.2, 0.25) is 0 Å². The second-order valence-corrected chi connectivity index (χ2v) is 6.05. The predicted molar refractivity (Wildman–Crippen MR) is 93.2 cm³/mol. The number of nitrogens with two attached hydrogens (primary N) is 1. The monoisotopic (exact) mass is 339 g/mol. The molecular formula is C17H26ClN3O2. The highest BCUT2D eigenvalue weighted by atomic mass is 35.5. The van der Waals surface area contributed by atoms with Crippen LogP contribution in [0.5, 0.6) is 0 Å². The van der Waals surface area contributed by atoms with E-state index in [2.05, 4.69) is 5.32 Å². The van der Waals surface area contributed by atoms with Crippen molar-refractivity contribution >= 4 is 24.2 Å². The van der Waals surface area contributed by atoms with E-state index in [1.165, 1.54) is 6.92 Å². The van der Waals surface area contributed by atoms with Crippen molar-refractivity contribution in [2.45, 2.75) is 38.8 Å². The molecule has 1 aromatic rings. The first-order chi connectivity index (χ1) is 10.5. The molecule has 1 aliphatic heterocycles. The Hall–Kier alpha value is -1.59. The van der Waals surface area contributed by atoms with Crippen LogP contribution >= 0.6 is 12.4 Å². The second kappa shape index (κ2) is 8.89. The van der Waals surface area contributed by atoms with Crippen LogP contribution in [0.1, 0.15) is 38.3 Å². The maximum atomic E-state index is 12.7. The number of piperidine rings is 1. The summed E-state index contributed by atoms with van der Waals surface area (Å²) in [5.74, 6) is -0.266. The average molecular weight is 340 g/mol. The van der Waals surface area contributed by atoms with Crippen LogP contribution in [0.25, 0.3) is 0 Å². The SMILES string of the molecule is CC(=O)NC1CCCN(C(=O)C(C)C(N)c2ccccc2)C1.Cl. The van der Waals surface area contributed by atoms with Crippen molar-refractivity contribution in [2.24, 2.45) is 11.7 Å². The summed E-state index contributed by atoms with van der Waals surface area (Å²) in [5, 5.41) is 2.90. The van der Waals surface area contributed by atoms with E-state index in [1.54, 1.807) is 0 Å². The number of likely N-dealkylation sites (tertiary alicyclic amines) is 1. The van der Waals surface area contributed by atoms with E-state index in [4.69, 9.17) is 5.73 Å². The molecule has 0 saturated carbocycles. The fraction of sp³-hybridized carbons (Fsp3) is 0.529. The molecule has 128 valence electrons. The molecule has 2 amide bonds. The van der Waals surface area contributed by atoms with E-state index < -0.39 is 0 Å². The average Bonchev–Trinajstić information content (AvgIpc) is 2.53. The second-order valence-electron chi connectivity index (χ2n) is 6.05. The van der Waals surface area contributed by atoms with Crippen LogP contribution in [0.3, 0.4) is 0 Å². The number of benzene rings is 1. The van der Waals surface area contributed by atoms with Crippen molar-refractivity contribution in [3.8, 4) is 0 Å². The lowest BCUT2D eigenvalue weighted by Gasteiger charge is -2.35. The molecule has 1 fully saturated rings. The lowest BCUT2D eigenvalue weighted by atomic mass is 9.93. The highest BCUT2D eigenvalue weighted by molar-refractivity contribution is 5.85. The van der Waals surface area contributed by atoms with Gasteiger partial charge in [-0.15, -0.1) is 12.4 Å². The van der Waals surface area contributed by atoms with Gasteiger partial charge >= 0.3 is 0 Å². The largest absolute Gasteiger partial charge is 0.352 e. The summed E-state index contributed by atoms with van der Waals surface area (Å²) in [6, 6.07) is 9.44. The van der Waals surface area contributed by atoms with Crippen LogP contribution in [-0.2, 0) is 9.59 Å². The highest BCUT2D eigenvalue weighted by Gasteiger charge is 2.30. The van der Waals surface area contributed by atoms with E-state index >= 15 is 0 Å². The smallest absolute Gasteiger partial charge is 0.227 e. The Morgan fingerprint density at radius 1 is 1.30 bits per heavy atom. The molecule has 5 nitrogen and oxygen atoms in total. The Morgan fingerprint density at radius 3 is 2.57 bits per heavy atom. The number of nitrogens with one attached hydrogen (secondary N) is 1. The molecule has 0 radical (unpaired) electrons. The zero-order valence-corrected chi connectivity index (χ0v) is 14.5. The normalized spacial score (nSPS) is 20.1. The quantitative estimate of drug-likeness (QED) is 0.879. The Bertz CT molecular complexity index is 524. The van der Waals surface area contributed by atoms with E-state index in [-0.39, 0.29) is 42.2 Å². The van der Waals surface area contributed by atoms with Gasteiger partial charge in [-0.1, -0.05) is 37.3 Å². The third kappa shape index (κ3) is 5.22. The van der Waals surface area contributed by atoms with Gasteiger partial charge in [0.15, 0.2) is 0 Å². The third-order valence-electron chi connectivity index (χ3n) is 4.25. The van der Waals surface area contributed by atoms with Crippen molar-refractivity contribution in [1.29, 1.82) is 0 Å². The Morgan fingerprint density at radius 2 is 1.96 bits per heavy atom. The first-order valence-electron chi connectivity index (χ1n) is 7.85. The number of hydrogen-bond donors (Lipinski definition) is 2. The van der Waals surface area contributed by atoms with Gasteiger partial charge in [-0.3, -0.25) is 9.59 Å². The molecule has 3 unspecified atom stereocenters. The van der Waals surface area contributed by atoms with Crippen molar-refractivity contribution in [3.63, 3.8) is 0 Å². The molecule has 3 N–H and O–H groups in total. The molecule has 1 aromatic carbocycles. The van der Waals surface area contributed by atoms with Crippen LogP contribution in [0.4, 0.5) is 0 Å². The summed E-state index contributed by atoms with van der Waals surface area (Å²) in [4.78, 5) is 25.7. The van der Waals surface area contributed by atoms with Gasteiger partial charge in [-0.25, -0.2) is 0 Å². The van der Waals surface area contributed by atoms with E-state index in [0.717, 1.165) is 24.9 Å². The van der Waals surface area contributed by atoms with Crippen molar-refractivity contribution in [2.75, 3.05) is 13.1 Å². The molecular weight excluding hydrogens is 314 g/mol. The van der Waals surface area contributed by atoms with E-state index in [0.29, 0.717) is 6.54 Å². The zero-order chi connectivity index (χ0) is 16.1. The molecule has 0 aliphatic carbocycles. The summed E-state index contributed by atoms with van der Waals surface area (Å²) in [6.07, 6.45) is 1.83. The number of carbonyl (C=O) groups is 2. The van der Waals surface area contributed by atoms with Crippen molar-refractivity contribution < 1.29 is 9.59 Å². The maximum Gasteiger partial charge on any atom is 0.227 e. The summed E-state index contributed by atoms with van der Waals surface area (Å²) in [6.45, 7) is 4.70. The molecule has 23 heavy (non-hydrogen) atoms. The molecule has 1 heterocycles. The minimum Gasteiger partial charge on any atom is -0.352 e. The van der Waals surface area contributed by atoms with Gasteiger partial charge in [0.05, 0.1) is 5.92 Å². The minimum absolute atomic E-state index is 0. The summed E-state index contributed by atoms with van der Waals surface area (Å²) < 4.78 is 0. The fourth-order valence-corrected chi connectivity index (χ4v) is 2.99. The molecule has 3 atom stereocenters. The number of hydrogen-bond acceptors (Lipinski definition) is 3. The number of rotatable bonds is 4. The van der Waals surface area contributed by atoms with Gasteiger partial charge in [-0.05, 0) is 18.4 Å². The van der Waals surface area contributed by atoms with Crippen LogP contribution in [0.15, 0.2) is 30.3 Å². The third-order valence-corrected chi connectivity index (χ3v) is 4.25. The summed E-state index contributed by atoms with van der Waals surface area (Å²) in [5.41, 5.74) is 7.22. The molecule has 0 spiro atoms. The lowest BCUT2D eigenvalue weighted by molar-refractivity contribution is -0.137.